The van der Waals surface area contributed by atoms with Crippen LogP contribution in [0.5, 0.6) is 0 Å². The third-order valence-electron chi connectivity index (χ3n) is 27.2. The quantitative estimate of drug-likeness (QED) is 0.121. The molecule has 5 heterocycles. The zero-order valence-corrected chi connectivity index (χ0v) is 78.8. The highest BCUT2D eigenvalue weighted by atomic mass is 15.2. The van der Waals surface area contributed by atoms with Crippen molar-refractivity contribution >= 4 is 101 Å². The Balaban J connectivity index is 1.00. The summed E-state index contributed by atoms with van der Waals surface area (Å²) in [5, 5.41) is 4.93. The Hall–Kier alpha value is -13.4. The number of fused-ring (bicyclic) bond motifs is 10. The summed E-state index contributed by atoms with van der Waals surface area (Å²) in [6.45, 7) is 48.8. The largest absolute Gasteiger partial charge is 0.310 e. The zero-order chi connectivity index (χ0) is 90.1. The van der Waals surface area contributed by atoms with Crippen LogP contribution in [0.3, 0.4) is 0 Å². The van der Waals surface area contributed by atoms with Gasteiger partial charge < -0.3 is 18.9 Å². The standard InChI is InChI=1S/C121H116BN7/c1-115(2,3)82-49-37-48-80(62-82)81-63-107-109-108(64-81)129(111-93(77-42-31-24-32-43-77)71-88(121(19,20)21)72-98(111)114-124-112(78-44-33-25-34-45-78)123-113(125-114)79-46-35-26-36-47-79)106-74-90(127-103-60-52-85(118(10,11)12)67-96(103)97-68-86(119(13,14)15)53-61-104(97)127)55-57-100(106)122(109)99-56-54-89(126-101-58-50-83(116(4,5)6)65-94(101)95-66-84(117(7,8)9)51-59-102(95)126)73-105(99)128(107)110-91(75-38-27-22-28-39-75)69-87(120(16,17)18)70-92(110)76-40-29-23-30-41-76/h22-74H,1-21H3. The van der Waals surface area contributed by atoms with Gasteiger partial charge in [-0.1, -0.05) is 358 Å². The molecule has 2 aliphatic heterocycles. The summed E-state index contributed by atoms with van der Waals surface area (Å²) in [6, 6.07) is 123. The predicted octanol–water partition coefficient (Wildman–Crippen LogP) is 30.9. The molecule has 8 heteroatoms. The Bertz CT molecular complexity index is 7230. The van der Waals surface area contributed by atoms with E-state index in [4.69, 9.17) is 15.0 Å². The van der Waals surface area contributed by atoms with Gasteiger partial charge in [0.1, 0.15) is 0 Å². The van der Waals surface area contributed by atoms with E-state index >= 15 is 0 Å². The maximum absolute atomic E-state index is 5.87. The molecule has 0 bridgehead atoms. The van der Waals surface area contributed by atoms with Crippen LogP contribution < -0.4 is 26.2 Å². The van der Waals surface area contributed by atoms with Gasteiger partial charge in [-0.3, -0.25) is 0 Å². The maximum atomic E-state index is 5.87. The van der Waals surface area contributed by atoms with Gasteiger partial charge >= 0.3 is 0 Å². The monoisotopic (exact) mass is 1680 g/mol. The van der Waals surface area contributed by atoms with Crippen molar-refractivity contribution in [2.75, 3.05) is 9.80 Å². The van der Waals surface area contributed by atoms with E-state index in [0.717, 1.165) is 140 Å². The third kappa shape index (κ3) is 14.9. The van der Waals surface area contributed by atoms with Crippen LogP contribution in [0, 0.1) is 0 Å². The lowest BCUT2D eigenvalue weighted by molar-refractivity contribution is 0.590. The number of anilines is 6. The van der Waals surface area contributed by atoms with Gasteiger partial charge in [-0.2, -0.15) is 0 Å². The molecule has 0 unspecified atom stereocenters. The molecular weight excluding hydrogens is 1560 g/mol. The summed E-state index contributed by atoms with van der Waals surface area (Å²) in [5.74, 6) is 1.73. The van der Waals surface area contributed by atoms with Gasteiger partial charge in [0.2, 0.25) is 0 Å². The molecule has 0 amide bonds. The molecule has 0 aliphatic carbocycles. The van der Waals surface area contributed by atoms with E-state index < -0.39 is 0 Å². The Labute approximate surface area is 763 Å². The molecule has 0 radical (unpaired) electrons. The van der Waals surface area contributed by atoms with Crippen molar-refractivity contribution in [3.05, 3.63) is 360 Å². The lowest BCUT2D eigenvalue weighted by Crippen LogP contribution is -2.61. The molecular formula is C121H116BN7. The second-order valence-electron chi connectivity index (χ2n) is 43.4. The van der Waals surface area contributed by atoms with Gasteiger partial charge in [-0.25, -0.2) is 15.0 Å². The predicted molar refractivity (Wildman–Crippen MR) is 551 cm³/mol. The second-order valence-corrected chi connectivity index (χ2v) is 43.4. The van der Waals surface area contributed by atoms with Crippen LogP contribution >= 0.6 is 0 Å². The lowest BCUT2D eigenvalue weighted by atomic mass is 9.33. The Morgan fingerprint density at radius 2 is 0.496 bits per heavy atom. The first-order valence-electron chi connectivity index (χ1n) is 46.2. The van der Waals surface area contributed by atoms with Crippen LogP contribution in [0.2, 0.25) is 0 Å². The average Bonchev–Trinajstić information content (AvgIpc) is 1.36. The highest BCUT2D eigenvalue weighted by Gasteiger charge is 2.47. The molecule has 129 heavy (non-hydrogen) atoms. The molecule has 7 nitrogen and oxygen atoms in total. The van der Waals surface area contributed by atoms with E-state index in [1.807, 2.05) is 0 Å². The van der Waals surface area contributed by atoms with Gasteiger partial charge in [0.15, 0.2) is 17.5 Å². The first-order valence-corrected chi connectivity index (χ1v) is 46.2. The van der Waals surface area contributed by atoms with Crippen LogP contribution in [0.4, 0.5) is 34.1 Å². The Morgan fingerprint density at radius 3 is 0.822 bits per heavy atom. The normalized spacial score (nSPS) is 13.3. The SMILES string of the molecule is CC(C)(C)c1cccc(-c2cc3c4c(c2)N(c2c(-c5ccccc5)cc(C(C)(C)C)cc2-c2nc(-c5ccccc5)nc(-c5ccccc5)n2)c2cc(-n5c6ccc(C(C)(C)C)cc6c6cc(C(C)(C)C)ccc65)ccc2B4c2ccc(-n4c5ccc(C(C)(C)C)cc5c5cc(C(C)(C)C)ccc54)cc2N3c2c(-c3ccccc3)cc(C(C)(C)C)cc2-c2ccccc2)c1. The van der Waals surface area contributed by atoms with Crippen LogP contribution in [0.15, 0.2) is 322 Å². The number of aromatic nitrogens is 5. The maximum Gasteiger partial charge on any atom is 0.252 e. The van der Waals surface area contributed by atoms with Crippen molar-refractivity contribution in [2.45, 2.75) is 183 Å². The highest BCUT2D eigenvalue weighted by Crippen LogP contribution is 2.57. The summed E-state index contributed by atoms with van der Waals surface area (Å²) in [4.78, 5) is 22.6. The van der Waals surface area contributed by atoms with Gasteiger partial charge in [-0.15, -0.1) is 0 Å². The van der Waals surface area contributed by atoms with Gasteiger partial charge in [0.25, 0.3) is 6.71 Å². The topological polar surface area (TPSA) is 55.0 Å². The number of benzene rings is 15. The first-order chi connectivity index (χ1) is 61.4. The molecule has 3 aromatic heterocycles. The van der Waals surface area contributed by atoms with Crippen LogP contribution in [0.1, 0.15) is 184 Å². The molecule has 0 saturated heterocycles. The third-order valence-corrected chi connectivity index (χ3v) is 27.2. The smallest absolute Gasteiger partial charge is 0.252 e. The minimum Gasteiger partial charge on any atom is -0.310 e. The molecule has 0 atom stereocenters. The molecule has 0 spiro atoms. The molecule has 0 N–H and O–H groups in total. The molecule has 20 rings (SSSR count). The molecule has 0 fully saturated rings. The lowest BCUT2D eigenvalue weighted by Gasteiger charge is -2.46. The van der Waals surface area contributed by atoms with E-state index in [2.05, 4.69) is 486 Å². The number of hydrogen-bond acceptors (Lipinski definition) is 5. The van der Waals surface area contributed by atoms with Crippen molar-refractivity contribution in [1.29, 1.82) is 0 Å². The van der Waals surface area contributed by atoms with E-state index in [1.54, 1.807) is 0 Å². The van der Waals surface area contributed by atoms with Crippen LogP contribution in [-0.2, 0) is 37.9 Å². The van der Waals surface area contributed by atoms with Crippen molar-refractivity contribution in [2.24, 2.45) is 0 Å². The van der Waals surface area contributed by atoms with Gasteiger partial charge in [0, 0.05) is 89.0 Å². The fourth-order valence-corrected chi connectivity index (χ4v) is 19.8. The number of nitrogens with zero attached hydrogens (tertiary/aromatic N) is 7. The average molecular weight is 1680 g/mol. The second kappa shape index (κ2) is 30.7. The van der Waals surface area contributed by atoms with E-state index in [1.165, 1.54) is 65.9 Å². The fourth-order valence-electron chi connectivity index (χ4n) is 19.8. The van der Waals surface area contributed by atoms with Crippen molar-refractivity contribution < 1.29 is 0 Å². The summed E-state index contributed by atoms with van der Waals surface area (Å²) >= 11 is 0. The Morgan fingerprint density at radius 1 is 0.209 bits per heavy atom. The van der Waals surface area contributed by atoms with Crippen LogP contribution in [0.25, 0.3) is 134 Å². The van der Waals surface area contributed by atoms with Crippen molar-refractivity contribution in [1.82, 2.24) is 24.1 Å². The minimum absolute atomic E-state index is 0.0985. The molecule has 0 saturated carbocycles. The van der Waals surface area contributed by atoms with Gasteiger partial charge in [-0.05, 0) is 230 Å². The van der Waals surface area contributed by atoms with Gasteiger partial charge in [0.05, 0.1) is 33.4 Å². The first kappa shape index (κ1) is 83.8. The van der Waals surface area contributed by atoms with E-state index in [-0.39, 0.29) is 44.6 Å². The summed E-state index contributed by atoms with van der Waals surface area (Å²) in [5.41, 5.74) is 35.5. The summed E-state index contributed by atoms with van der Waals surface area (Å²) < 4.78 is 5.13. The molecule has 15 aromatic carbocycles. The zero-order valence-electron chi connectivity index (χ0n) is 78.8. The molecule has 18 aromatic rings. The fraction of sp³-hybridized carbons (Fsp3) is 0.231. The summed E-state index contributed by atoms with van der Waals surface area (Å²) in [6.07, 6.45) is 0. The molecule has 2 aliphatic rings. The number of rotatable bonds is 11. The Kier molecular flexibility index (Phi) is 19.9. The number of hydrogen-bond donors (Lipinski definition) is 0. The summed E-state index contributed by atoms with van der Waals surface area (Å²) in [7, 11) is 0. The molecule has 638 valence electrons. The van der Waals surface area contributed by atoms with E-state index in [9.17, 15) is 0 Å². The van der Waals surface area contributed by atoms with E-state index in [0.29, 0.717) is 17.5 Å². The highest BCUT2D eigenvalue weighted by molar-refractivity contribution is 7.00. The van der Waals surface area contributed by atoms with Crippen molar-refractivity contribution in [3.63, 3.8) is 0 Å². The van der Waals surface area contributed by atoms with Crippen LogP contribution in [-0.4, -0.2) is 30.8 Å². The van der Waals surface area contributed by atoms with Crippen molar-refractivity contribution in [3.8, 4) is 90.0 Å². The minimum atomic E-state index is -0.382.